The van der Waals surface area contributed by atoms with Crippen molar-refractivity contribution in [1.29, 1.82) is 0 Å². The minimum Gasteiger partial charge on any atom is -0.277 e. The van der Waals surface area contributed by atoms with Gasteiger partial charge in [-0.2, -0.15) is 4.31 Å². The summed E-state index contributed by atoms with van der Waals surface area (Å²) in [6, 6.07) is 5.95. The molecule has 0 spiro atoms. The number of hydrogen-bond acceptors (Lipinski definition) is 4. The maximum Gasteiger partial charge on any atom is 0.274 e. The summed E-state index contributed by atoms with van der Waals surface area (Å²) in [5.74, 6) is -0.471. The summed E-state index contributed by atoms with van der Waals surface area (Å²) >= 11 is 0. The van der Waals surface area contributed by atoms with E-state index in [4.69, 9.17) is 0 Å². The molecule has 0 bridgehead atoms. The minimum atomic E-state index is -3.50. The molecule has 1 amide bonds. The normalized spacial score (nSPS) is 16.5. The van der Waals surface area contributed by atoms with Crippen molar-refractivity contribution in [2.75, 3.05) is 20.2 Å². The zero-order valence-corrected chi connectivity index (χ0v) is 11.4. The lowest BCUT2D eigenvalue weighted by atomic mass is 10.2. The van der Waals surface area contributed by atoms with Gasteiger partial charge in [-0.3, -0.25) is 9.63 Å². The van der Waals surface area contributed by atoms with Crippen LogP contribution in [0.3, 0.4) is 0 Å². The second-order valence-corrected chi connectivity index (χ2v) is 6.21. The molecule has 1 aromatic rings. The molecule has 0 unspecified atom stereocenters. The van der Waals surface area contributed by atoms with E-state index in [2.05, 4.69) is 10.3 Å². The first-order chi connectivity index (χ1) is 9.05. The Balaban J connectivity index is 2.30. The Morgan fingerprint density at radius 1 is 1.32 bits per heavy atom. The number of amides is 1. The molecule has 1 saturated heterocycles. The summed E-state index contributed by atoms with van der Waals surface area (Å²) in [5.41, 5.74) is 2.41. The molecule has 1 aromatic carbocycles. The Bertz CT molecular complexity index is 565. The van der Waals surface area contributed by atoms with Gasteiger partial charge >= 0.3 is 0 Å². The van der Waals surface area contributed by atoms with Gasteiger partial charge in [0.25, 0.3) is 5.91 Å². The molecule has 1 aliphatic heterocycles. The van der Waals surface area contributed by atoms with E-state index in [1.807, 2.05) is 0 Å². The topological polar surface area (TPSA) is 75.7 Å². The molecule has 1 N–H and O–H groups in total. The highest BCUT2D eigenvalue weighted by Crippen LogP contribution is 2.21. The maximum atomic E-state index is 12.3. The summed E-state index contributed by atoms with van der Waals surface area (Å²) in [5, 5.41) is 0. The van der Waals surface area contributed by atoms with Crippen molar-refractivity contribution >= 4 is 15.9 Å². The largest absolute Gasteiger partial charge is 0.277 e. The van der Waals surface area contributed by atoms with Crippen LogP contribution in [0.25, 0.3) is 0 Å². The lowest BCUT2D eigenvalue weighted by Crippen LogP contribution is -2.28. The fraction of sp³-hybridized carbons (Fsp3) is 0.417. The Morgan fingerprint density at radius 3 is 2.63 bits per heavy atom. The molecule has 7 heteroatoms. The third kappa shape index (κ3) is 2.94. The first kappa shape index (κ1) is 14.0. The maximum absolute atomic E-state index is 12.3. The summed E-state index contributed by atoms with van der Waals surface area (Å²) in [6.45, 7) is 1.08. The van der Waals surface area contributed by atoms with Gasteiger partial charge in [0.05, 0.1) is 12.0 Å². The van der Waals surface area contributed by atoms with Crippen LogP contribution in [0, 0.1) is 0 Å². The number of hydrogen-bond donors (Lipinski definition) is 1. The van der Waals surface area contributed by atoms with Gasteiger partial charge in [0.15, 0.2) is 0 Å². The molecular weight excluding hydrogens is 268 g/mol. The van der Waals surface area contributed by atoms with E-state index in [1.54, 1.807) is 6.07 Å². The van der Waals surface area contributed by atoms with Gasteiger partial charge in [-0.1, -0.05) is 6.07 Å². The number of benzene rings is 1. The van der Waals surface area contributed by atoms with Crippen LogP contribution in [-0.4, -0.2) is 38.8 Å². The van der Waals surface area contributed by atoms with Crippen molar-refractivity contribution in [2.45, 2.75) is 17.7 Å². The highest BCUT2D eigenvalue weighted by atomic mass is 32.2. The number of rotatable bonds is 4. The standard InChI is InChI=1S/C12H16N2O4S/c1-18-13-12(15)10-5-4-6-11(9-10)19(16,17)14-7-2-3-8-14/h4-6,9H,2-3,7-8H2,1H3,(H,13,15). The van der Waals surface area contributed by atoms with Crippen molar-refractivity contribution in [3.05, 3.63) is 29.8 Å². The Morgan fingerprint density at radius 2 is 2.00 bits per heavy atom. The number of hydroxylamine groups is 1. The van der Waals surface area contributed by atoms with Crippen LogP contribution < -0.4 is 5.48 Å². The first-order valence-corrected chi connectivity index (χ1v) is 7.43. The summed E-state index contributed by atoms with van der Waals surface area (Å²) in [6.07, 6.45) is 1.76. The van der Waals surface area contributed by atoms with E-state index >= 15 is 0 Å². The Kier molecular flexibility index (Phi) is 4.18. The van der Waals surface area contributed by atoms with Crippen LogP contribution in [0.15, 0.2) is 29.2 Å². The lowest BCUT2D eigenvalue weighted by molar-refractivity contribution is 0.0537. The van der Waals surface area contributed by atoms with E-state index in [0.29, 0.717) is 13.1 Å². The monoisotopic (exact) mass is 284 g/mol. The molecule has 19 heavy (non-hydrogen) atoms. The van der Waals surface area contributed by atoms with Gasteiger partial charge in [0, 0.05) is 18.7 Å². The van der Waals surface area contributed by atoms with Crippen LogP contribution >= 0.6 is 0 Å². The van der Waals surface area contributed by atoms with E-state index in [9.17, 15) is 13.2 Å². The Hall–Kier alpha value is -1.44. The van der Waals surface area contributed by atoms with Gasteiger partial charge in [-0.25, -0.2) is 13.9 Å². The average molecular weight is 284 g/mol. The average Bonchev–Trinajstić information content (AvgIpc) is 2.94. The van der Waals surface area contributed by atoms with Gasteiger partial charge in [-0.15, -0.1) is 0 Å². The molecule has 2 rings (SSSR count). The van der Waals surface area contributed by atoms with Crippen molar-refractivity contribution in [1.82, 2.24) is 9.79 Å². The Labute approximate surface area is 112 Å². The molecule has 1 aliphatic rings. The van der Waals surface area contributed by atoms with Crippen molar-refractivity contribution < 1.29 is 18.0 Å². The summed E-state index contributed by atoms with van der Waals surface area (Å²) < 4.78 is 26.1. The summed E-state index contributed by atoms with van der Waals surface area (Å²) in [7, 11) is -2.17. The first-order valence-electron chi connectivity index (χ1n) is 5.99. The molecule has 0 aromatic heterocycles. The van der Waals surface area contributed by atoms with Crippen LogP contribution in [0.2, 0.25) is 0 Å². The van der Waals surface area contributed by atoms with E-state index in [1.165, 1.54) is 29.6 Å². The lowest BCUT2D eigenvalue weighted by Gasteiger charge is -2.15. The molecule has 104 valence electrons. The van der Waals surface area contributed by atoms with E-state index in [0.717, 1.165) is 12.8 Å². The molecule has 1 fully saturated rings. The van der Waals surface area contributed by atoms with Crippen LogP contribution in [0.4, 0.5) is 0 Å². The highest BCUT2D eigenvalue weighted by Gasteiger charge is 2.27. The van der Waals surface area contributed by atoms with Gasteiger partial charge in [0.1, 0.15) is 0 Å². The van der Waals surface area contributed by atoms with Gasteiger partial charge < -0.3 is 0 Å². The van der Waals surface area contributed by atoms with Crippen LogP contribution in [0.5, 0.6) is 0 Å². The number of nitrogens with zero attached hydrogens (tertiary/aromatic N) is 1. The number of nitrogens with one attached hydrogen (secondary N) is 1. The van der Waals surface area contributed by atoms with Crippen molar-refractivity contribution in [2.24, 2.45) is 0 Å². The number of sulfonamides is 1. The van der Waals surface area contributed by atoms with Crippen LogP contribution in [0.1, 0.15) is 23.2 Å². The predicted molar refractivity (Wildman–Crippen MR) is 68.9 cm³/mol. The summed E-state index contributed by atoms with van der Waals surface area (Å²) in [4.78, 5) is 16.3. The third-order valence-corrected chi connectivity index (χ3v) is 4.89. The molecular formula is C12H16N2O4S. The zero-order valence-electron chi connectivity index (χ0n) is 10.6. The number of carbonyl (C=O) groups excluding carboxylic acids is 1. The van der Waals surface area contributed by atoms with Crippen molar-refractivity contribution in [3.8, 4) is 0 Å². The fourth-order valence-electron chi connectivity index (χ4n) is 2.03. The SMILES string of the molecule is CONC(=O)c1cccc(S(=O)(=O)N2CCCC2)c1. The fourth-order valence-corrected chi connectivity index (χ4v) is 3.59. The smallest absolute Gasteiger partial charge is 0.274 e. The molecule has 1 heterocycles. The van der Waals surface area contributed by atoms with Crippen molar-refractivity contribution in [3.63, 3.8) is 0 Å². The second-order valence-electron chi connectivity index (χ2n) is 4.27. The molecule has 0 radical (unpaired) electrons. The molecule has 0 aliphatic carbocycles. The predicted octanol–water partition coefficient (Wildman–Crippen LogP) is 0.762. The van der Waals surface area contributed by atoms with Gasteiger partial charge in [0.2, 0.25) is 10.0 Å². The highest BCUT2D eigenvalue weighted by molar-refractivity contribution is 7.89. The molecule has 0 saturated carbocycles. The van der Waals surface area contributed by atoms with Crippen LogP contribution in [-0.2, 0) is 14.9 Å². The quantitative estimate of drug-likeness (QED) is 0.828. The van der Waals surface area contributed by atoms with E-state index < -0.39 is 15.9 Å². The zero-order chi connectivity index (χ0) is 13.9. The minimum absolute atomic E-state index is 0.137. The molecule has 0 atom stereocenters. The molecule has 6 nitrogen and oxygen atoms in total. The van der Waals surface area contributed by atoms with E-state index in [-0.39, 0.29) is 10.5 Å². The van der Waals surface area contributed by atoms with Gasteiger partial charge in [-0.05, 0) is 31.0 Å². The second kappa shape index (κ2) is 5.68. The third-order valence-electron chi connectivity index (χ3n) is 2.99. The number of carbonyl (C=O) groups is 1.